The molecule has 0 spiro atoms. The molecule has 0 amide bonds. The molecule has 1 aliphatic rings. The van der Waals surface area contributed by atoms with Gasteiger partial charge in [-0.1, -0.05) is 147 Å². The lowest BCUT2D eigenvalue weighted by Crippen LogP contribution is -2.28. The first-order valence-corrected chi connectivity index (χ1v) is 14.2. The maximum atomic E-state index is 5.65. The lowest BCUT2D eigenvalue weighted by molar-refractivity contribution is 1.04. The Labute approximate surface area is 250 Å². The summed E-state index contributed by atoms with van der Waals surface area (Å²) in [7, 11) is 0. The Balaban J connectivity index is 0.00000353. The van der Waals surface area contributed by atoms with E-state index in [1.54, 1.807) is 0 Å². The van der Waals surface area contributed by atoms with Gasteiger partial charge in [0.05, 0.1) is 0 Å². The van der Waals surface area contributed by atoms with E-state index in [0.717, 1.165) is 5.56 Å². The third kappa shape index (κ3) is 5.69. The number of terminal acetylenes is 1. The fourth-order valence-corrected chi connectivity index (χ4v) is 5.92. The van der Waals surface area contributed by atoms with Crippen molar-refractivity contribution in [3.05, 3.63) is 188 Å². The zero-order chi connectivity index (χ0) is 28.0. The third-order valence-corrected chi connectivity index (χ3v) is 7.79. The van der Waals surface area contributed by atoms with Crippen molar-refractivity contribution in [3.63, 3.8) is 0 Å². The molecule has 0 unspecified atom stereocenters. The highest BCUT2D eigenvalue weighted by Crippen LogP contribution is 2.39. The van der Waals surface area contributed by atoms with E-state index in [1.807, 2.05) is 6.92 Å². The molecular formula is C42H36. The number of fused-ring (bicyclic) bond motifs is 1. The smallest absolute Gasteiger partial charge is 0.0343 e. The van der Waals surface area contributed by atoms with E-state index < -0.39 is 0 Å². The first-order valence-electron chi connectivity index (χ1n) is 14.2. The Morgan fingerprint density at radius 3 is 2.31 bits per heavy atom. The Morgan fingerprint density at radius 1 is 0.786 bits per heavy atom. The minimum Gasteiger partial charge on any atom is -0.120 e. The summed E-state index contributed by atoms with van der Waals surface area (Å²) >= 11 is 0. The predicted octanol–water partition coefficient (Wildman–Crippen LogP) is 8.77. The average molecular weight is 541 g/mol. The van der Waals surface area contributed by atoms with Crippen LogP contribution < -0.4 is 10.4 Å². The molecule has 42 heavy (non-hydrogen) atoms. The van der Waals surface area contributed by atoms with Gasteiger partial charge in [-0.15, -0.1) is 12.3 Å². The van der Waals surface area contributed by atoms with Crippen LogP contribution in [0.25, 0.3) is 23.8 Å². The summed E-state index contributed by atoms with van der Waals surface area (Å²) in [5.41, 5.74) is 11.2. The van der Waals surface area contributed by atoms with Crippen LogP contribution in [0.3, 0.4) is 0 Å². The standard InChI is InChI=1S/C41H32.CH4/c1-3-14-31-25-24-30(28-34(31)15-4-2)29-35-19-9-11-21-37(35)41(33-17-6-5-7-18-33)40-23-13-12-22-38(40)39-27-26-32-16-8-10-20-36(32)39;/h1,4-13,15-29,39H,14H2,2H3;1H4/b15-4-,35-29+,41-37-;/t39-;/m0./s1. The van der Waals surface area contributed by atoms with Crippen molar-refractivity contribution in [1.29, 1.82) is 0 Å². The molecule has 0 aliphatic heterocycles. The van der Waals surface area contributed by atoms with E-state index in [4.69, 9.17) is 6.42 Å². The number of hydrogen-bond donors (Lipinski definition) is 0. The highest BCUT2D eigenvalue weighted by atomic mass is 14.3. The number of hydrogen-bond acceptors (Lipinski definition) is 0. The number of rotatable bonds is 6. The van der Waals surface area contributed by atoms with Crippen LogP contribution in [-0.4, -0.2) is 0 Å². The van der Waals surface area contributed by atoms with Crippen LogP contribution in [0.15, 0.2) is 133 Å². The molecule has 1 atom stereocenters. The largest absolute Gasteiger partial charge is 0.120 e. The Bertz CT molecular complexity index is 1930. The summed E-state index contributed by atoms with van der Waals surface area (Å²) < 4.78 is 0. The SMILES string of the molecule is C.C#CCc1ccc(/C=c2\cccc\c2=C(/c2ccccc2)c2ccccc2[C@H]2C=Cc3ccccc32)cc1/C=C\C. The Kier molecular flexibility index (Phi) is 8.81. The van der Waals surface area contributed by atoms with Gasteiger partial charge < -0.3 is 0 Å². The second kappa shape index (κ2) is 13.0. The molecule has 5 aromatic carbocycles. The molecule has 0 heterocycles. The fourth-order valence-electron chi connectivity index (χ4n) is 5.92. The lowest BCUT2D eigenvalue weighted by atomic mass is 9.84. The van der Waals surface area contributed by atoms with Crippen molar-refractivity contribution >= 4 is 23.8 Å². The highest BCUT2D eigenvalue weighted by Gasteiger charge is 2.23. The quantitative estimate of drug-likeness (QED) is 0.189. The van der Waals surface area contributed by atoms with E-state index in [0.29, 0.717) is 6.42 Å². The molecule has 0 fully saturated rings. The van der Waals surface area contributed by atoms with Crippen molar-refractivity contribution in [1.82, 2.24) is 0 Å². The summed E-state index contributed by atoms with van der Waals surface area (Å²) in [6.45, 7) is 2.04. The van der Waals surface area contributed by atoms with Crippen LogP contribution >= 0.6 is 0 Å². The molecule has 0 N–H and O–H groups in total. The first-order chi connectivity index (χ1) is 20.3. The summed E-state index contributed by atoms with van der Waals surface area (Å²) in [4.78, 5) is 0. The summed E-state index contributed by atoms with van der Waals surface area (Å²) in [6.07, 6.45) is 17.4. The van der Waals surface area contributed by atoms with Gasteiger partial charge >= 0.3 is 0 Å². The second-order valence-electron chi connectivity index (χ2n) is 10.4. The summed E-state index contributed by atoms with van der Waals surface area (Å²) in [5, 5.41) is 2.39. The van der Waals surface area contributed by atoms with E-state index in [2.05, 4.69) is 158 Å². The van der Waals surface area contributed by atoms with Crippen LogP contribution in [0, 0.1) is 12.3 Å². The molecule has 0 radical (unpaired) electrons. The molecular weight excluding hydrogens is 504 g/mol. The van der Waals surface area contributed by atoms with Gasteiger partial charge in [0, 0.05) is 12.3 Å². The van der Waals surface area contributed by atoms with Crippen molar-refractivity contribution in [2.75, 3.05) is 0 Å². The summed E-state index contributed by atoms with van der Waals surface area (Å²) in [6, 6.07) is 43.7. The molecule has 6 rings (SSSR count). The Morgan fingerprint density at radius 2 is 1.50 bits per heavy atom. The molecule has 0 nitrogen and oxygen atoms in total. The van der Waals surface area contributed by atoms with Crippen molar-refractivity contribution in [2.45, 2.75) is 26.7 Å². The van der Waals surface area contributed by atoms with Gasteiger partial charge in [-0.3, -0.25) is 0 Å². The normalized spacial score (nSPS) is 14.8. The third-order valence-electron chi connectivity index (χ3n) is 7.79. The minimum atomic E-state index is 0. The van der Waals surface area contributed by atoms with E-state index in [9.17, 15) is 0 Å². The van der Waals surface area contributed by atoms with Gasteiger partial charge in [-0.25, -0.2) is 0 Å². The molecule has 0 saturated carbocycles. The first kappa shape index (κ1) is 28.4. The minimum absolute atomic E-state index is 0. The van der Waals surface area contributed by atoms with Crippen LogP contribution in [0.1, 0.15) is 64.8 Å². The average Bonchev–Trinajstić information content (AvgIpc) is 3.45. The van der Waals surface area contributed by atoms with Gasteiger partial charge in [0.15, 0.2) is 0 Å². The van der Waals surface area contributed by atoms with E-state index >= 15 is 0 Å². The topological polar surface area (TPSA) is 0 Å². The molecule has 204 valence electrons. The Hall–Kier alpha value is -5.12. The van der Waals surface area contributed by atoms with Crippen LogP contribution in [-0.2, 0) is 6.42 Å². The highest BCUT2D eigenvalue weighted by molar-refractivity contribution is 5.83. The molecule has 0 saturated heterocycles. The number of benzene rings is 5. The number of allylic oxidation sites excluding steroid dienone is 2. The van der Waals surface area contributed by atoms with Gasteiger partial charge in [-0.05, 0) is 79.6 Å². The van der Waals surface area contributed by atoms with Gasteiger partial charge in [-0.2, -0.15) is 0 Å². The van der Waals surface area contributed by atoms with Crippen LogP contribution in [0.4, 0.5) is 0 Å². The van der Waals surface area contributed by atoms with E-state index in [1.165, 1.54) is 55.0 Å². The maximum Gasteiger partial charge on any atom is 0.0343 e. The zero-order valence-electron chi connectivity index (χ0n) is 23.3. The van der Waals surface area contributed by atoms with Crippen molar-refractivity contribution in [2.24, 2.45) is 0 Å². The van der Waals surface area contributed by atoms with Gasteiger partial charge in [0.2, 0.25) is 0 Å². The van der Waals surface area contributed by atoms with Gasteiger partial charge in [0.25, 0.3) is 0 Å². The predicted molar refractivity (Wildman–Crippen MR) is 181 cm³/mol. The molecule has 0 aromatic heterocycles. The summed E-state index contributed by atoms with van der Waals surface area (Å²) in [5.74, 6) is 3.01. The van der Waals surface area contributed by atoms with Crippen molar-refractivity contribution < 1.29 is 0 Å². The molecule has 0 bridgehead atoms. The fraction of sp³-hybridized carbons (Fsp3) is 0.0952. The van der Waals surface area contributed by atoms with Crippen LogP contribution in [0.5, 0.6) is 0 Å². The maximum absolute atomic E-state index is 5.65. The second-order valence-corrected chi connectivity index (χ2v) is 10.4. The van der Waals surface area contributed by atoms with Crippen molar-refractivity contribution in [3.8, 4) is 12.3 Å². The monoisotopic (exact) mass is 540 g/mol. The van der Waals surface area contributed by atoms with E-state index in [-0.39, 0.29) is 13.3 Å². The molecule has 0 heteroatoms. The van der Waals surface area contributed by atoms with Crippen LogP contribution in [0.2, 0.25) is 0 Å². The zero-order valence-corrected chi connectivity index (χ0v) is 23.3. The lowest BCUT2D eigenvalue weighted by Gasteiger charge is -2.19. The van der Waals surface area contributed by atoms with Gasteiger partial charge in [0.1, 0.15) is 0 Å². The molecule has 5 aromatic rings. The molecule has 1 aliphatic carbocycles.